The molecule has 0 aromatic carbocycles. The van der Waals surface area contributed by atoms with Crippen molar-refractivity contribution >= 4 is 33.5 Å². The average Bonchev–Trinajstić information content (AvgIpc) is 3.07. The average molecular weight is 308 g/mol. The molecular weight excluding hydrogens is 292 g/mol. The summed E-state index contributed by atoms with van der Waals surface area (Å²) in [6.45, 7) is 3.94. The van der Waals surface area contributed by atoms with Crippen LogP contribution in [-0.2, 0) is 4.79 Å². The Bertz CT molecular complexity index is 641. The summed E-state index contributed by atoms with van der Waals surface area (Å²) < 4.78 is 6.25. The number of nitrogens with zero attached hydrogens (tertiary/aromatic N) is 2. The molecule has 2 aromatic rings. The van der Waals surface area contributed by atoms with E-state index in [1.807, 2.05) is 11.0 Å². The maximum atomic E-state index is 12.4. The van der Waals surface area contributed by atoms with E-state index in [4.69, 9.17) is 9.52 Å². The first-order valence-electron chi connectivity index (χ1n) is 6.79. The van der Waals surface area contributed by atoms with Gasteiger partial charge in [-0.1, -0.05) is 0 Å². The molecule has 0 spiro atoms. The van der Waals surface area contributed by atoms with Crippen molar-refractivity contribution in [2.24, 2.45) is 0 Å². The van der Waals surface area contributed by atoms with Gasteiger partial charge in [0.15, 0.2) is 0 Å². The Kier molecular flexibility index (Phi) is 3.69. The van der Waals surface area contributed by atoms with E-state index in [1.54, 1.807) is 24.2 Å². The molecule has 7 heteroatoms. The quantitative estimate of drug-likeness (QED) is 0.934. The Hall–Kier alpha value is -1.86. The highest BCUT2D eigenvalue weighted by atomic mass is 32.1. The van der Waals surface area contributed by atoms with Gasteiger partial charge >= 0.3 is 5.97 Å². The molecule has 3 heterocycles. The van der Waals surface area contributed by atoms with E-state index in [1.165, 1.54) is 11.3 Å². The predicted octanol–water partition coefficient (Wildman–Crippen LogP) is 1.73. The molecule has 3 rings (SSSR count). The fourth-order valence-electron chi connectivity index (χ4n) is 2.50. The number of carbonyl (C=O) groups excluding carboxylic acids is 1. The molecule has 2 aromatic heterocycles. The molecule has 1 atom stereocenters. The Morgan fingerprint density at radius 1 is 1.33 bits per heavy atom. The van der Waals surface area contributed by atoms with E-state index in [-0.39, 0.29) is 5.91 Å². The van der Waals surface area contributed by atoms with Gasteiger partial charge in [-0.05, 0) is 13.0 Å². The van der Waals surface area contributed by atoms with Gasteiger partial charge < -0.3 is 14.4 Å². The van der Waals surface area contributed by atoms with Gasteiger partial charge in [0.1, 0.15) is 11.6 Å². The van der Waals surface area contributed by atoms with Crippen molar-refractivity contribution in [1.29, 1.82) is 0 Å². The maximum Gasteiger partial charge on any atom is 0.320 e. The Labute approximate surface area is 125 Å². The van der Waals surface area contributed by atoms with Crippen LogP contribution in [0.1, 0.15) is 16.6 Å². The van der Waals surface area contributed by atoms with Crippen LogP contribution in [0.15, 0.2) is 22.8 Å². The number of hydrogen-bond donors (Lipinski definition) is 1. The number of amides is 1. The summed E-state index contributed by atoms with van der Waals surface area (Å²) in [5.41, 5.74) is 0.737. The van der Waals surface area contributed by atoms with Crippen LogP contribution in [-0.4, -0.2) is 59.0 Å². The normalized spacial score (nSPS) is 18.0. The third kappa shape index (κ3) is 2.66. The van der Waals surface area contributed by atoms with Gasteiger partial charge in [0, 0.05) is 32.2 Å². The van der Waals surface area contributed by atoms with E-state index < -0.39 is 12.0 Å². The van der Waals surface area contributed by atoms with Crippen molar-refractivity contribution < 1.29 is 19.1 Å². The molecule has 21 heavy (non-hydrogen) atoms. The topological polar surface area (TPSA) is 74.0 Å². The summed E-state index contributed by atoms with van der Waals surface area (Å²) in [6, 6.07) is 3.11. The van der Waals surface area contributed by atoms with Crippen LogP contribution >= 0.6 is 11.3 Å². The van der Waals surface area contributed by atoms with E-state index in [0.717, 1.165) is 10.3 Å². The smallest absolute Gasteiger partial charge is 0.320 e. The number of fused-ring (bicyclic) bond motifs is 1. The number of aliphatic carboxylic acids is 1. The number of carboxylic acid groups (broad SMARTS) is 1. The zero-order valence-corrected chi connectivity index (χ0v) is 12.4. The molecule has 6 nitrogen and oxygen atoms in total. The highest BCUT2D eigenvalue weighted by molar-refractivity contribution is 7.20. The molecule has 1 fully saturated rings. The zero-order chi connectivity index (χ0) is 15.0. The van der Waals surface area contributed by atoms with Crippen LogP contribution in [0.3, 0.4) is 0 Å². The second-order valence-electron chi connectivity index (χ2n) is 5.10. The van der Waals surface area contributed by atoms with Crippen molar-refractivity contribution in [1.82, 2.24) is 9.80 Å². The first-order valence-corrected chi connectivity index (χ1v) is 7.61. The monoisotopic (exact) mass is 308 g/mol. The molecule has 1 aliphatic heterocycles. The van der Waals surface area contributed by atoms with Gasteiger partial charge in [-0.3, -0.25) is 14.5 Å². The molecule has 112 valence electrons. The second-order valence-corrected chi connectivity index (χ2v) is 6.19. The summed E-state index contributed by atoms with van der Waals surface area (Å²) in [5.74, 6) is -0.831. The minimum atomic E-state index is -0.826. The molecule has 0 saturated carbocycles. The van der Waals surface area contributed by atoms with Crippen LogP contribution < -0.4 is 0 Å². The number of carbonyl (C=O) groups is 2. The van der Waals surface area contributed by atoms with E-state index >= 15 is 0 Å². The predicted molar refractivity (Wildman–Crippen MR) is 78.7 cm³/mol. The molecule has 1 unspecified atom stereocenters. The van der Waals surface area contributed by atoms with Gasteiger partial charge in [0.05, 0.1) is 15.8 Å². The first kappa shape index (κ1) is 14.1. The number of thiophene rings is 1. The van der Waals surface area contributed by atoms with Crippen molar-refractivity contribution in [2.75, 3.05) is 26.2 Å². The molecule has 1 N–H and O–H groups in total. The third-order valence-electron chi connectivity index (χ3n) is 3.86. The lowest BCUT2D eigenvalue weighted by Crippen LogP contribution is -2.53. The number of furan rings is 1. The van der Waals surface area contributed by atoms with Crippen LogP contribution in [0, 0.1) is 0 Å². The van der Waals surface area contributed by atoms with E-state index in [9.17, 15) is 9.59 Å². The van der Waals surface area contributed by atoms with E-state index in [0.29, 0.717) is 31.1 Å². The van der Waals surface area contributed by atoms with Gasteiger partial charge in [-0.25, -0.2) is 0 Å². The number of piperazine rings is 1. The number of carboxylic acids is 1. The van der Waals surface area contributed by atoms with Crippen molar-refractivity contribution in [3.63, 3.8) is 0 Å². The first-order chi connectivity index (χ1) is 10.1. The summed E-state index contributed by atoms with van der Waals surface area (Å²) >= 11 is 1.43. The number of hydrogen-bond acceptors (Lipinski definition) is 5. The van der Waals surface area contributed by atoms with Gasteiger partial charge in [0.2, 0.25) is 0 Å². The SMILES string of the molecule is CC(C(=O)O)N1CCN(C(=O)c2cc3occc3s2)CC1. The van der Waals surface area contributed by atoms with Crippen molar-refractivity contribution in [3.8, 4) is 0 Å². The summed E-state index contributed by atoms with van der Waals surface area (Å²) in [7, 11) is 0. The fourth-order valence-corrected chi connectivity index (χ4v) is 3.45. The van der Waals surface area contributed by atoms with Crippen molar-refractivity contribution in [3.05, 3.63) is 23.3 Å². The largest absolute Gasteiger partial charge is 0.480 e. The van der Waals surface area contributed by atoms with Gasteiger partial charge in [-0.2, -0.15) is 0 Å². The summed E-state index contributed by atoms with van der Waals surface area (Å²) in [4.78, 5) is 27.7. The van der Waals surface area contributed by atoms with Crippen molar-refractivity contribution in [2.45, 2.75) is 13.0 Å². The summed E-state index contributed by atoms with van der Waals surface area (Å²) in [5, 5.41) is 9.01. The van der Waals surface area contributed by atoms with Gasteiger partial charge in [0.25, 0.3) is 5.91 Å². The summed E-state index contributed by atoms with van der Waals surface area (Å²) in [6.07, 6.45) is 1.61. The standard InChI is InChI=1S/C14H16N2O4S/c1-9(14(18)19)15-3-5-16(6-4-15)13(17)12-8-10-11(21-12)2-7-20-10/h2,7-9H,3-6H2,1H3,(H,18,19). The van der Waals surface area contributed by atoms with Crippen LogP contribution in [0.4, 0.5) is 0 Å². The van der Waals surface area contributed by atoms with Gasteiger partial charge in [-0.15, -0.1) is 11.3 Å². The third-order valence-corrected chi connectivity index (χ3v) is 4.93. The zero-order valence-electron chi connectivity index (χ0n) is 11.6. The molecule has 1 aliphatic rings. The molecule has 1 saturated heterocycles. The van der Waals surface area contributed by atoms with Crippen LogP contribution in [0.5, 0.6) is 0 Å². The lowest BCUT2D eigenvalue weighted by atomic mass is 10.2. The minimum absolute atomic E-state index is 0.00553. The highest BCUT2D eigenvalue weighted by Crippen LogP contribution is 2.27. The van der Waals surface area contributed by atoms with Crippen LogP contribution in [0.2, 0.25) is 0 Å². The Morgan fingerprint density at radius 2 is 2.05 bits per heavy atom. The van der Waals surface area contributed by atoms with Crippen LogP contribution in [0.25, 0.3) is 10.3 Å². The fraction of sp³-hybridized carbons (Fsp3) is 0.429. The maximum absolute atomic E-state index is 12.4. The Morgan fingerprint density at radius 3 is 2.67 bits per heavy atom. The molecule has 0 radical (unpaired) electrons. The minimum Gasteiger partial charge on any atom is -0.480 e. The molecule has 1 amide bonds. The second kappa shape index (κ2) is 5.50. The molecular formula is C14H16N2O4S. The highest BCUT2D eigenvalue weighted by Gasteiger charge is 2.28. The molecule has 0 aliphatic carbocycles. The number of rotatable bonds is 3. The molecule has 0 bridgehead atoms. The lowest BCUT2D eigenvalue weighted by molar-refractivity contribution is -0.143. The lowest BCUT2D eigenvalue weighted by Gasteiger charge is -2.36. The Balaban J connectivity index is 1.65. The van der Waals surface area contributed by atoms with E-state index in [2.05, 4.69) is 0 Å².